The predicted octanol–water partition coefficient (Wildman–Crippen LogP) is 1.47. The molecular weight excluding hydrogens is 162 g/mol. The molecule has 0 radical (unpaired) electrons. The van der Waals surface area contributed by atoms with Crippen LogP contribution in [0.15, 0.2) is 24.8 Å². The number of alkyl halides is 1. The monoisotopic (exact) mass is 167 g/mol. The van der Waals surface area contributed by atoms with Gasteiger partial charge in [-0.15, -0.1) is 11.6 Å². The topological polar surface area (TPSA) is 30.2 Å². The van der Waals surface area contributed by atoms with Crippen LogP contribution in [-0.2, 0) is 5.88 Å². The van der Waals surface area contributed by atoms with Crippen molar-refractivity contribution >= 4 is 17.2 Å². The first-order chi connectivity index (χ1) is 5.42. The normalized spacial score (nSPS) is 10.6. The third kappa shape index (κ3) is 0.973. The highest BCUT2D eigenvalue weighted by Crippen LogP contribution is 2.06. The highest BCUT2D eigenvalue weighted by molar-refractivity contribution is 6.17. The molecule has 0 atom stereocenters. The maximum absolute atomic E-state index is 5.65. The van der Waals surface area contributed by atoms with Gasteiger partial charge in [-0.1, -0.05) is 0 Å². The number of fused-ring (bicyclic) bond motifs is 1. The third-order valence-corrected chi connectivity index (χ3v) is 1.76. The Bertz CT molecular complexity index is 368. The van der Waals surface area contributed by atoms with Crippen LogP contribution in [-0.4, -0.2) is 14.4 Å². The summed E-state index contributed by atoms with van der Waals surface area (Å²) in [6, 6.07) is 0. The average molecular weight is 168 g/mol. The van der Waals surface area contributed by atoms with Gasteiger partial charge in [-0.25, -0.2) is 4.98 Å². The summed E-state index contributed by atoms with van der Waals surface area (Å²) in [6.45, 7) is 0. The van der Waals surface area contributed by atoms with Gasteiger partial charge in [0, 0.05) is 24.8 Å². The fraction of sp³-hybridized carbons (Fsp3) is 0.143. The minimum absolute atomic E-state index is 0.404. The number of hydrogen-bond donors (Lipinski definition) is 0. The summed E-state index contributed by atoms with van der Waals surface area (Å²) >= 11 is 5.65. The summed E-state index contributed by atoms with van der Waals surface area (Å²) in [4.78, 5) is 8.19. The van der Waals surface area contributed by atoms with E-state index in [4.69, 9.17) is 11.6 Å². The van der Waals surface area contributed by atoms with Crippen molar-refractivity contribution < 1.29 is 0 Å². The maximum Gasteiger partial charge on any atom is 0.159 e. The molecule has 0 saturated heterocycles. The number of aromatic nitrogens is 3. The van der Waals surface area contributed by atoms with Gasteiger partial charge >= 0.3 is 0 Å². The zero-order valence-electron chi connectivity index (χ0n) is 5.74. The average Bonchev–Trinajstić information content (AvgIpc) is 2.50. The van der Waals surface area contributed by atoms with E-state index in [9.17, 15) is 0 Å². The van der Waals surface area contributed by atoms with E-state index in [0.717, 1.165) is 11.3 Å². The molecule has 2 rings (SSSR count). The molecule has 3 nitrogen and oxygen atoms in total. The van der Waals surface area contributed by atoms with Gasteiger partial charge in [-0.3, -0.25) is 4.98 Å². The molecule has 2 heterocycles. The van der Waals surface area contributed by atoms with Crippen LogP contribution in [0.3, 0.4) is 0 Å². The largest absolute Gasteiger partial charge is 0.304 e. The highest BCUT2D eigenvalue weighted by Gasteiger charge is 1.99. The van der Waals surface area contributed by atoms with E-state index in [-0.39, 0.29) is 0 Å². The molecule has 0 aliphatic carbocycles. The van der Waals surface area contributed by atoms with Crippen molar-refractivity contribution in [2.75, 3.05) is 0 Å². The first-order valence-corrected chi connectivity index (χ1v) is 3.78. The van der Waals surface area contributed by atoms with Crippen molar-refractivity contribution in [1.29, 1.82) is 0 Å². The Morgan fingerprint density at radius 1 is 1.27 bits per heavy atom. The lowest BCUT2D eigenvalue weighted by atomic mass is 10.5. The number of nitrogens with zero attached hydrogens (tertiary/aromatic N) is 3. The minimum Gasteiger partial charge on any atom is -0.304 e. The van der Waals surface area contributed by atoms with Crippen LogP contribution in [0.4, 0.5) is 0 Å². The summed E-state index contributed by atoms with van der Waals surface area (Å²) in [5.74, 6) is 0.404. The highest BCUT2D eigenvalue weighted by atomic mass is 35.5. The fourth-order valence-corrected chi connectivity index (χ4v) is 1.19. The lowest BCUT2D eigenvalue weighted by Gasteiger charge is -1.95. The Balaban J connectivity index is 2.79. The van der Waals surface area contributed by atoms with Crippen molar-refractivity contribution in [2.24, 2.45) is 0 Å². The van der Waals surface area contributed by atoms with Crippen LogP contribution in [0.2, 0.25) is 0 Å². The van der Waals surface area contributed by atoms with Crippen molar-refractivity contribution in [3.63, 3.8) is 0 Å². The molecule has 56 valence electrons. The van der Waals surface area contributed by atoms with Gasteiger partial charge in [0.25, 0.3) is 0 Å². The summed E-state index contributed by atoms with van der Waals surface area (Å²) in [7, 11) is 0. The quantitative estimate of drug-likeness (QED) is 0.602. The zero-order chi connectivity index (χ0) is 7.68. The number of halogens is 1. The minimum atomic E-state index is 0.404. The molecule has 4 heteroatoms. The van der Waals surface area contributed by atoms with Gasteiger partial charge in [0.05, 0.1) is 11.6 Å². The van der Waals surface area contributed by atoms with Gasteiger partial charge in [-0.2, -0.15) is 0 Å². The Kier molecular flexibility index (Phi) is 1.51. The van der Waals surface area contributed by atoms with E-state index >= 15 is 0 Å². The number of rotatable bonds is 1. The van der Waals surface area contributed by atoms with E-state index < -0.39 is 0 Å². The summed E-state index contributed by atoms with van der Waals surface area (Å²) in [6.07, 6.45) is 7.16. The van der Waals surface area contributed by atoms with E-state index in [1.54, 1.807) is 12.4 Å². The van der Waals surface area contributed by atoms with Crippen LogP contribution >= 0.6 is 11.6 Å². The van der Waals surface area contributed by atoms with E-state index in [1.165, 1.54) is 0 Å². The van der Waals surface area contributed by atoms with Crippen LogP contribution in [0.1, 0.15) is 5.69 Å². The molecule has 0 amide bonds. The summed E-state index contributed by atoms with van der Waals surface area (Å²) < 4.78 is 1.89. The Hall–Kier alpha value is -1.09. The van der Waals surface area contributed by atoms with Crippen LogP contribution in [0, 0.1) is 0 Å². The van der Waals surface area contributed by atoms with E-state index in [0.29, 0.717) is 5.88 Å². The lowest BCUT2D eigenvalue weighted by molar-refractivity contribution is 1.06. The second-order valence-corrected chi connectivity index (χ2v) is 2.43. The lowest BCUT2D eigenvalue weighted by Crippen LogP contribution is -1.91. The Morgan fingerprint density at radius 2 is 2.00 bits per heavy atom. The zero-order valence-corrected chi connectivity index (χ0v) is 6.49. The molecule has 0 unspecified atom stereocenters. The molecule has 0 fully saturated rings. The molecule has 2 aromatic rings. The van der Waals surface area contributed by atoms with Crippen molar-refractivity contribution in [1.82, 2.24) is 14.4 Å². The Morgan fingerprint density at radius 3 is 2.73 bits per heavy atom. The molecule has 11 heavy (non-hydrogen) atoms. The van der Waals surface area contributed by atoms with Crippen molar-refractivity contribution in [2.45, 2.75) is 5.88 Å². The number of imidazole rings is 1. The van der Waals surface area contributed by atoms with Crippen LogP contribution in [0.25, 0.3) is 5.65 Å². The van der Waals surface area contributed by atoms with E-state index in [2.05, 4.69) is 9.97 Å². The molecule has 0 spiro atoms. The molecule has 0 bridgehead atoms. The van der Waals surface area contributed by atoms with Crippen LogP contribution in [0.5, 0.6) is 0 Å². The SMILES string of the molecule is ClCc1nccn2ccnc12. The van der Waals surface area contributed by atoms with Crippen molar-refractivity contribution in [3.05, 3.63) is 30.5 Å². The van der Waals surface area contributed by atoms with Gasteiger partial charge < -0.3 is 4.40 Å². The van der Waals surface area contributed by atoms with Gasteiger partial charge in [0.1, 0.15) is 0 Å². The molecule has 2 aromatic heterocycles. The van der Waals surface area contributed by atoms with Gasteiger partial charge in [-0.05, 0) is 0 Å². The molecular formula is C7H6ClN3. The predicted molar refractivity (Wildman–Crippen MR) is 42.5 cm³/mol. The molecule has 0 aliphatic heterocycles. The Labute approximate surface area is 68.7 Å². The van der Waals surface area contributed by atoms with E-state index in [1.807, 2.05) is 16.8 Å². The second kappa shape index (κ2) is 2.51. The molecule has 0 aromatic carbocycles. The maximum atomic E-state index is 5.65. The van der Waals surface area contributed by atoms with Gasteiger partial charge in [0.2, 0.25) is 0 Å². The van der Waals surface area contributed by atoms with Crippen LogP contribution < -0.4 is 0 Å². The van der Waals surface area contributed by atoms with Gasteiger partial charge in [0.15, 0.2) is 5.65 Å². The summed E-state index contributed by atoms with van der Waals surface area (Å²) in [5, 5.41) is 0. The first-order valence-electron chi connectivity index (χ1n) is 3.24. The third-order valence-electron chi connectivity index (χ3n) is 1.51. The summed E-state index contributed by atoms with van der Waals surface area (Å²) in [5.41, 5.74) is 1.65. The standard InChI is InChI=1S/C7H6ClN3/c8-5-6-7-10-2-4-11(7)3-1-9-6/h1-4H,5H2. The molecule has 0 aliphatic rings. The number of hydrogen-bond acceptors (Lipinski definition) is 2. The molecule has 0 N–H and O–H groups in total. The second-order valence-electron chi connectivity index (χ2n) is 2.17. The smallest absolute Gasteiger partial charge is 0.159 e. The van der Waals surface area contributed by atoms with Crippen molar-refractivity contribution in [3.8, 4) is 0 Å². The molecule has 0 saturated carbocycles. The first kappa shape index (κ1) is 6.61. The fourth-order valence-electron chi connectivity index (χ4n) is 1.00.